The lowest BCUT2D eigenvalue weighted by Crippen LogP contribution is -2.08. The van der Waals surface area contributed by atoms with Gasteiger partial charge in [-0.15, -0.1) is 0 Å². The second-order valence-electron chi connectivity index (χ2n) is 2.77. The van der Waals surface area contributed by atoms with Gasteiger partial charge in [0.05, 0.1) is 17.7 Å². The summed E-state index contributed by atoms with van der Waals surface area (Å²) in [5, 5.41) is 0. The molecule has 0 saturated carbocycles. The molecule has 4 N–H and O–H groups in total. The summed E-state index contributed by atoms with van der Waals surface area (Å²) in [4.78, 5) is 10.3. The lowest BCUT2D eigenvalue weighted by molar-refractivity contribution is -0.117. The van der Waals surface area contributed by atoms with Crippen LogP contribution in [-0.2, 0) is 4.79 Å². The van der Waals surface area contributed by atoms with Gasteiger partial charge in [0.25, 0.3) is 0 Å². The molecule has 0 bridgehead atoms. The molecule has 0 saturated heterocycles. The maximum atomic E-state index is 13.1. The molecule has 1 rings (SSSR count). The van der Waals surface area contributed by atoms with E-state index in [-0.39, 0.29) is 17.7 Å². The fourth-order valence-corrected chi connectivity index (χ4v) is 0.912. The average molecular weight is 210 g/mol. The van der Waals surface area contributed by atoms with Crippen LogP contribution in [-0.4, -0.2) is 5.91 Å². The van der Waals surface area contributed by atoms with Crippen molar-refractivity contribution in [2.75, 3.05) is 5.73 Å². The van der Waals surface area contributed by atoms with E-state index >= 15 is 0 Å². The van der Waals surface area contributed by atoms with E-state index in [1.54, 1.807) is 0 Å². The molecular weight excluding hydrogens is 202 g/mol. The third kappa shape index (κ3) is 2.68. The molecule has 1 aromatic carbocycles. The van der Waals surface area contributed by atoms with Crippen molar-refractivity contribution in [3.63, 3.8) is 0 Å². The van der Waals surface area contributed by atoms with Crippen LogP contribution in [0.5, 0.6) is 0 Å². The van der Waals surface area contributed by atoms with Crippen molar-refractivity contribution >= 4 is 11.6 Å². The van der Waals surface area contributed by atoms with Crippen LogP contribution in [0, 0.1) is 23.5 Å². The zero-order chi connectivity index (χ0) is 11.4. The lowest BCUT2D eigenvalue weighted by Gasteiger charge is -2.00. The molecule has 5 heteroatoms. The van der Waals surface area contributed by atoms with Gasteiger partial charge in [0.15, 0.2) is 11.6 Å². The van der Waals surface area contributed by atoms with E-state index in [0.717, 1.165) is 6.07 Å². The van der Waals surface area contributed by atoms with Gasteiger partial charge in [-0.25, -0.2) is 8.78 Å². The van der Waals surface area contributed by atoms with Crippen molar-refractivity contribution in [2.45, 2.75) is 6.42 Å². The first-order valence-corrected chi connectivity index (χ1v) is 4.03. The average Bonchev–Trinajstić information content (AvgIpc) is 2.17. The van der Waals surface area contributed by atoms with Crippen LogP contribution in [0.3, 0.4) is 0 Å². The summed E-state index contributed by atoms with van der Waals surface area (Å²) in [6.07, 6.45) is -0.227. The number of amides is 1. The molecule has 0 spiro atoms. The van der Waals surface area contributed by atoms with Crippen LogP contribution in [0.4, 0.5) is 14.5 Å². The van der Waals surface area contributed by atoms with Gasteiger partial charge in [-0.05, 0) is 12.1 Å². The van der Waals surface area contributed by atoms with Crippen molar-refractivity contribution in [3.05, 3.63) is 29.3 Å². The Morgan fingerprint density at radius 2 is 2.07 bits per heavy atom. The normalized spacial score (nSPS) is 9.20. The number of primary amides is 1. The molecule has 78 valence electrons. The molecule has 0 aliphatic rings. The SMILES string of the molecule is NC(=O)CC#Cc1c(N)ccc(F)c1F. The highest BCUT2D eigenvalue weighted by Crippen LogP contribution is 2.17. The molecule has 0 fully saturated rings. The molecule has 1 aromatic rings. The second kappa shape index (κ2) is 4.42. The number of carbonyl (C=O) groups excluding carboxylic acids is 1. The predicted molar refractivity (Wildman–Crippen MR) is 51.5 cm³/mol. The van der Waals surface area contributed by atoms with Crippen LogP contribution >= 0.6 is 0 Å². The first-order chi connectivity index (χ1) is 7.02. The topological polar surface area (TPSA) is 69.1 Å². The van der Waals surface area contributed by atoms with Crippen molar-refractivity contribution in [1.82, 2.24) is 0 Å². The van der Waals surface area contributed by atoms with Gasteiger partial charge < -0.3 is 11.5 Å². The van der Waals surface area contributed by atoms with Crippen molar-refractivity contribution in [2.24, 2.45) is 5.73 Å². The minimum absolute atomic E-state index is 0.0193. The molecule has 1 amide bonds. The number of anilines is 1. The maximum Gasteiger partial charge on any atom is 0.229 e. The first kappa shape index (κ1) is 11.0. The smallest absolute Gasteiger partial charge is 0.229 e. The van der Waals surface area contributed by atoms with Crippen LogP contribution < -0.4 is 11.5 Å². The highest BCUT2D eigenvalue weighted by molar-refractivity contribution is 5.76. The van der Waals surface area contributed by atoms with Gasteiger partial charge in [0.1, 0.15) is 0 Å². The van der Waals surface area contributed by atoms with Crippen LogP contribution in [0.25, 0.3) is 0 Å². The summed E-state index contributed by atoms with van der Waals surface area (Å²) in [5.74, 6) is 1.77. The fourth-order valence-electron chi connectivity index (χ4n) is 0.912. The van der Waals surface area contributed by atoms with Gasteiger partial charge in [-0.1, -0.05) is 11.8 Å². The molecule has 0 heterocycles. The number of hydrogen-bond donors (Lipinski definition) is 2. The number of benzene rings is 1. The molecule has 3 nitrogen and oxygen atoms in total. The summed E-state index contributed by atoms with van der Waals surface area (Å²) in [7, 11) is 0. The van der Waals surface area contributed by atoms with Gasteiger partial charge in [0.2, 0.25) is 5.91 Å². The lowest BCUT2D eigenvalue weighted by atomic mass is 10.1. The van der Waals surface area contributed by atoms with Gasteiger partial charge in [-0.2, -0.15) is 0 Å². The van der Waals surface area contributed by atoms with E-state index < -0.39 is 17.5 Å². The number of carbonyl (C=O) groups is 1. The molecule has 0 atom stereocenters. The molecule has 0 aromatic heterocycles. The Kier molecular flexibility index (Phi) is 3.24. The van der Waals surface area contributed by atoms with E-state index in [1.165, 1.54) is 6.07 Å². The zero-order valence-electron chi connectivity index (χ0n) is 7.68. The number of halogens is 2. The summed E-state index contributed by atoms with van der Waals surface area (Å²) in [5.41, 5.74) is 9.97. The molecule has 15 heavy (non-hydrogen) atoms. The maximum absolute atomic E-state index is 13.1. The number of nitrogen functional groups attached to an aromatic ring is 1. The van der Waals surface area contributed by atoms with Gasteiger partial charge >= 0.3 is 0 Å². The Balaban J connectivity index is 3.07. The Bertz CT molecular complexity index is 460. The van der Waals surface area contributed by atoms with Gasteiger partial charge in [0, 0.05) is 0 Å². The van der Waals surface area contributed by atoms with E-state index in [9.17, 15) is 13.6 Å². The van der Waals surface area contributed by atoms with E-state index in [4.69, 9.17) is 11.5 Å². The Morgan fingerprint density at radius 1 is 1.40 bits per heavy atom. The summed E-state index contributed by atoms with van der Waals surface area (Å²) < 4.78 is 25.9. The van der Waals surface area contributed by atoms with Crippen molar-refractivity contribution in [3.8, 4) is 11.8 Å². The van der Waals surface area contributed by atoms with Crippen LogP contribution in [0.15, 0.2) is 12.1 Å². The Labute approximate surface area is 85.1 Å². The largest absolute Gasteiger partial charge is 0.398 e. The third-order valence-electron chi connectivity index (χ3n) is 1.60. The Hall–Kier alpha value is -2.09. The third-order valence-corrected chi connectivity index (χ3v) is 1.60. The van der Waals surface area contributed by atoms with Crippen LogP contribution in [0.2, 0.25) is 0 Å². The highest BCUT2D eigenvalue weighted by atomic mass is 19.2. The molecule has 0 radical (unpaired) electrons. The summed E-state index contributed by atoms with van der Waals surface area (Å²) in [6.45, 7) is 0. The van der Waals surface area contributed by atoms with Crippen LogP contribution in [0.1, 0.15) is 12.0 Å². The quantitative estimate of drug-likeness (QED) is 0.531. The highest BCUT2D eigenvalue weighted by Gasteiger charge is 2.09. The monoisotopic (exact) mass is 210 g/mol. The molecular formula is C10H8F2N2O. The standard InChI is InChI=1S/C10H8F2N2O/c11-7-4-5-8(13)6(10(7)12)2-1-3-9(14)15/h4-5H,3,13H2,(H2,14,15). The zero-order valence-corrected chi connectivity index (χ0v) is 7.68. The minimum atomic E-state index is -1.12. The second-order valence-corrected chi connectivity index (χ2v) is 2.77. The fraction of sp³-hybridized carbons (Fsp3) is 0.100. The predicted octanol–water partition coefficient (Wildman–Crippen LogP) is 0.774. The summed E-state index contributed by atoms with van der Waals surface area (Å²) >= 11 is 0. The molecule has 0 aliphatic heterocycles. The van der Waals surface area contributed by atoms with Crippen molar-refractivity contribution in [1.29, 1.82) is 0 Å². The van der Waals surface area contributed by atoms with Crippen molar-refractivity contribution < 1.29 is 13.6 Å². The number of rotatable bonds is 1. The van der Waals surface area contributed by atoms with Gasteiger partial charge in [-0.3, -0.25) is 4.79 Å². The Morgan fingerprint density at radius 3 is 2.67 bits per heavy atom. The first-order valence-electron chi connectivity index (χ1n) is 4.03. The number of hydrogen-bond acceptors (Lipinski definition) is 2. The molecule has 0 aliphatic carbocycles. The minimum Gasteiger partial charge on any atom is -0.398 e. The molecule has 0 unspecified atom stereocenters. The van der Waals surface area contributed by atoms with E-state index in [1.807, 2.05) is 0 Å². The summed E-state index contributed by atoms with van der Waals surface area (Å²) in [6, 6.07) is 2.11. The van der Waals surface area contributed by atoms with E-state index in [0.29, 0.717) is 0 Å². The number of nitrogens with two attached hydrogens (primary N) is 2. The van der Waals surface area contributed by atoms with E-state index in [2.05, 4.69) is 11.8 Å².